The van der Waals surface area contributed by atoms with Gasteiger partial charge < -0.3 is 10.2 Å². The topological polar surface area (TPSA) is 32.3 Å². The number of amides is 1. The maximum absolute atomic E-state index is 11.0. The molecular formula is C10H15BrN2O. The number of carbonyl (C=O) groups excluding carboxylic acids is 1. The number of rotatable bonds is 2. The van der Waals surface area contributed by atoms with Crippen molar-refractivity contribution in [2.24, 2.45) is 5.92 Å². The maximum atomic E-state index is 11.0. The highest BCUT2D eigenvalue weighted by Gasteiger charge is 2.25. The molecule has 0 aromatic carbocycles. The highest BCUT2D eigenvalue weighted by atomic mass is 79.9. The molecule has 0 saturated carbocycles. The van der Waals surface area contributed by atoms with Gasteiger partial charge in [0.25, 0.3) is 5.91 Å². The minimum Gasteiger partial charge on any atom is -0.345 e. The van der Waals surface area contributed by atoms with Crippen LogP contribution in [0.2, 0.25) is 0 Å². The molecule has 2 unspecified atom stereocenters. The first kappa shape index (κ1) is 11.5. The summed E-state index contributed by atoms with van der Waals surface area (Å²) >= 11 is 2.89. The summed E-state index contributed by atoms with van der Waals surface area (Å²) < 4.78 is 0. The fourth-order valence-electron chi connectivity index (χ4n) is 1.80. The van der Waals surface area contributed by atoms with Gasteiger partial charge in [-0.1, -0.05) is 0 Å². The molecule has 2 atom stereocenters. The molecule has 1 heterocycles. The van der Waals surface area contributed by atoms with Crippen molar-refractivity contribution in [2.75, 3.05) is 20.1 Å². The van der Waals surface area contributed by atoms with Crippen LogP contribution in [0.1, 0.15) is 13.3 Å². The molecule has 0 aromatic rings. The Kier molecular flexibility index (Phi) is 4.43. The summed E-state index contributed by atoms with van der Waals surface area (Å²) in [5.41, 5.74) is 0. The van der Waals surface area contributed by atoms with Crippen LogP contribution in [-0.4, -0.2) is 37.0 Å². The number of likely N-dealkylation sites (tertiary alicyclic amines) is 1. The van der Waals surface area contributed by atoms with Crippen molar-refractivity contribution >= 4 is 21.8 Å². The number of halogens is 1. The maximum Gasteiger partial charge on any atom is 0.296 e. The third-order valence-corrected chi connectivity index (χ3v) is 2.88. The Morgan fingerprint density at radius 2 is 2.43 bits per heavy atom. The van der Waals surface area contributed by atoms with Gasteiger partial charge in [-0.2, -0.15) is 0 Å². The van der Waals surface area contributed by atoms with Gasteiger partial charge in [0.05, 0.1) is 0 Å². The molecule has 14 heavy (non-hydrogen) atoms. The summed E-state index contributed by atoms with van der Waals surface area (Å²) in [6.45, 7) is 4.00. The third kappa shape index (κ3) is 3.32. The van der Waals surface area contributed by atoms with Crippen molar-refractivity contribution in [3.05, 3.63) is 0 Å². The van der Waals surface area contributed by atoms with E-state index in [0.29, 0.717) is 12.0 Å². The number of hydrogen-bond acceptors (Lipinski definition) is 2. The molecule has 1 amide bonds. The van der Waals surface area contributed by atoms with E-state index in [-0.39, 0.29) is 5.91 Å². The van der Waals surface area contributed by atoms with Gasteiger partial charge in [0.15, 0.2) is 0 Å². The van der Waals surface area contributed by atoms with Gasteiger partial charge in [0.2, 0.25) is 0 Å². The van der Waals surface area contributed by atoms with E-state index in [0.717, 1.165) is 19.5 Å². The molecule has 0 aliphatic carbocycles. The molecule has 0 bridgehead atoms. The molecule has 0 radical (unpaired) electrons. The Bertz CT molecular complexity index is 259. The molecule has 1 saturated heterocycles. The fraction of sp³-hybridized carbons (Fsp3) is 0.700. The Hall–Kier alpha value is -0.530. The van der Waals surface area contributed by atoms with Crippen LogP contribution in [0.4, 0.5) is 0 Å². The van der Waals surface area contributed by atoms with Crippen molar-refractivity contribution in [3.63, 3.8) is 0 Å². The molecule has 1 fully saturated rings. The van der Waals surface area contributed by atoms with Crippen molar-refractivity contribution < 1.29 is 4.79 Å². The van der Waals surface area contributed by atoms with Crippen LogP contribution in [0.25, 0.3) is 0 Å². The molecular weight excluding hydrogens is 244 g/mol. The first-order chi connectivity index (χ1) is 6.63. The van der Waals surface area contributed by atoms with E-state index < -0.39 is 0 Å². The van der Waals surface area contributed by atoms with E-state index in [9.17, 15) is 4.79 Å². The highest BCUT2D eigenvalue weighted by molar-refractivity contribution is 9.12. The van der Waals surface area contributed by atoms with Crippen molar-refractivity contribution in [3.8, 4) is 10.8 Å². The zero-order valence-corrected chi connectivity index (χ0v) is 10.1. The van der Waals surface area contributed by atoms with E-state index in [1.165, 1.54) is 0 Å². The van der Waals surface area contributed by atoms with E-state index in [1.54, 1.807) is 0 Å². The summed E-state index contributed by atoms with van der Waals surface area (Å²) in [6, 6.07) is 0.624. The van der Waals surface area contributed by atoms with Crippen molar-refractivity contribution in [1.82, 2.24) is 10.2 Å². The average molecular weight is 259 g/mol. The molecule has 1 rings (SSSR count). The van der Waals surface area contributed by atoms with Crippen LogP contribution >= 0.6 is 15.9 Å². The molecule has 3 nitrogen and oxygen atoms in total. The smallest absolute Gasteiger partial charge is 0.296 e. The Morgan fingerprint density at radius 1 is 1.71 bits per heavy atom. The standard InChI is InChI=1S/C10H15BrN2O/c1-8-5-9(7-13(8)2)6-12-10(14)3-4-11/h8-9H,5-7H2,1-2H3,(H,12,14). The second-order valence-electron chi connectivity index (χ2n) is 3.82. The SMILES string of the molecule is CC1CC(CNC(=O)C#CBr)CN1C. The van der Waals surface area contributed by atoms with Gasteiger partial charge >= 0.3 is 0 Å². The summed E-state index contributed by atoms with van der Waals surface area (Å²) in [4.78, 5) is 15.7. The van der Waals surface area contributed by atoms with Crippen molar-refractivity contribution in [1.29, 1.82) is 0 Å². The molecule has 4 heteroatoms. The van der Waals surface area contributed by atoms with Crippen LogP contribution in [0, 0.1) is 16.7 Å². The zero-order valence-electron chi connectivity index (χ0n) is 8.51. The molecule has 78 valence electrons. The van der Waals surface area contributed by atoms with Gasteiger partial charge in [0.1, 0.15) is 0 Å². The van der Waals surface area contributed by atoms with Gasteiger partial charge in [-0.3, -0.25) is 4.79 Å². The van der Waals surface area contributed by atoms with E-state index in [2.05, 4.69) is 50.9 Å². The lowest BCUT2D eigenvalue weighted by Crippen LogP contribution is -2.29. The van der Waals surface area contributed by atoms with Crippen LogP contribution in [0.5, 0.6) is 0 Å². The minimum atomic E-state index is -0.205. The van der Waals surface area contributed by atoms with Crippen LogP contribution in [0.15, 0.2) is 0 Å². The number of nitrogens with zero attached hydrogens (tertiary/aromatic N) is 1. The Balaban J connectivity index is 2.26. The minimum absolute atomic E-state index is 0.205. The molecule has 0 spiro atoms. The van der Waals surface area contributed by atoms with Gasteiger partial charge in [-0.25, -0.2) is 0 Å². The largest absolute Gasteiger partial charge is 0.345 e. The lowest BCUT2D eigenvalue weighted by molar-refractivity contribution is -0.115. The summed E-state index contributed by atoms with van der Waals surface area (Å²) in [5, 5.41) is 2.80. The number of carbonyl (C=O) groups is 1. The number of hydrogen-bond donors (Lipinski definition) is 1. The predicted molar refractivity (Wildman–Crippen MR) is 59.9 cm³/mol. The molecule has 1 aliphatic rings. The van der Waals surface area contributed by atoms with Crippen LogP contribution in [0.3, 0.4) is 0 Å². The normalized spacial score (nSPS) is 26.8. The van der Waals surface area contributed by atoms with Gasteiger partial charge in [-0.15, -0.1) is 0 Å². The Labute approximate surface area is 93.4 Å². The summed E-state index contributed by atoms with van der Waals surface area (Å²) in [7, 11) is 2.12. The fourth-order valence-corrected chi connectivity index (χ4v) is 1.98. The second-order valence-corrected chi connectivity index (χ2v) is 4.22. The second kappa shape index (κ2) is 5.38. The molecule has 0 aromatic heterocycles. The van der Waals surface area contributed by atoms with E-state index in [4.69, 9.17) is 0 Å². The summed E-state index contributed by atoms with van der Waals surface area (Å²) in [6.07, 6.45) is 1.15. The lowest BCUT2D eigenvalue weighted by Gasteiger charge is -2.12. The van der Waals surface area contributed by atoms with E-state index in [1.807, 2.05) is 0 Å². The quantitative estimate of drug-likeness (QED) is 0.744. The van der Waals surface area contributed by atoms with Crippen molar-refractivity contribution in [2.45, 2.75) is 19.4 Å². The average Bonchev–Trinajstić information content (AvgIpc) is 2.44. The third-order valence-electron chi connectivity index (χ3n) is 2.69. The molecule has 1 N–H and O–H groups in total. The number of nitrogens with one attached hydrogen (secondary N) is 1. The molecule has 1 aliphatic heterocycles. The highest BCUT2D eigenvalue weighted by Crippen LogP contribution is 2.19. The zero-order chi connectivity index (χ0) is 10.6. The van der Waals surface area contributed by atoms with Crippen LogP contribution in [-0.2, 0) is 4.79 Å². The van der Waals surface area contributed by atoms with Gasteiger partial charge in [-0.05, 0) is 31.1 Å². The predicted octanol–water partition coefficient (Wildman–Crippen LogP) is 0.799. The van der Waals surface area contributed by atoms with E-state index >= 15 is 0 Å². The first-order valence-corrected chi connectivity index (χ1v) is 5.52. The lowest BCUT2D eigenvalue weighted by atomic mass is 10.1. The van der Waals surface area contributed by atoms with Crippen LogP contribution < -0.4 is 5.32 Å². The van der Waals surface area contributed by atoms with Gasteiger partial charge in [0, 0.05) is 41.0 Å². The monoisotopic (exact) mass is 258 g/mol. The summed E-state index contributed by atoms with van der Waals surface area (Å²) in [5.74, 6) is 2.76. The first-order valence-electron chi connectivity index (χ1n) is 4.73. The Morgan fingerprint density at radius 3 is 2.93 bits per heavy atom.